The molecule has 4 heteroatoms. The van der Waals surface area contributed by atoms with Gasteiger partial charge < -0.3 is 15.1 Å². The molecule has 1 aromatic carbocycles. The lowest BCUT2D eigenvalue weighted by atomic mass is 10.1. The van der Waals surface area contributed by atoms with E-state index < -0.39 is 0 Å². The average molecular weight is 209 g/mol. The second kappa shape index (κ2) is 4.68. The van der Waals surface area contributed by atoms with Crippen LogP contribution in [0.5, 0.6) is 11.5 Å². The fourth-order valence-corrected chi connectivity index (χ4v) is 1.38. The van der Waals surface area contributed by atoms with Crippen molar-refractivity contribution < 1.29 is 15.0 Å². The minimum absolute atomic E-state index is 0.0338. The Morgan fingerprint density at radius 3 is 2.33 bits per heavy atom. The van der Waals surface area contributed by atoms with Crippen LogP contribution >= 0.6 is 0 Å². The lowest BCUT2D eigenvalue weighted by Gasteiger charge is -2.17. The number of amides is 1. The molecule has 1 aromatic rings. The molecule has 4 nitrogen and oxygen atoms in total. The summed E-state index contributed by atoms with van der Waals surface area (Å²) in [7, 11) is 1.64. The van der Waals surface area contributed by atoms with Crippen LogP contribution in [0.3, 0.4) is 0 Å². The predicted molar refractivity (Wildman–Crippen MR) is 57.0 cm³/mol. The molecule has 0 fully saturated rings. The minimum atomic E-state index is -0.368. The Morgan fingerprint density at radius 2 is 1.87 bits per heavy atom. The Kier molecular flexibility index (Phi) is 3.55. The van der Waals surface area contributed by atoms with Gasteiger partial charge in [-0.2, -0.15) is 0 Å². The Hall–Kier alpha value is -1.71. The molecule has 0 aliphatic carbocycles. The maximum Gasteiger partial charge on any atom is 0.261 e. The number of rotatable bonds is 3. The summed E-state index contributed by atoms with van der Waals surface area (Å²) >= 11 is 0. The molecule has 2 N–H and O–H groups in total. The Balaban J connectivity index is 3.00. The molecule has 0 aliphatic heterocycles. The highest BCUT2D eigenvalue weighted by atomic mass is 16.3. The molecule has 0 spiro atoms. The summed E-state index contributed by atoms with van der Waals surface area (Å²) in [6, 6.07) is 4.25. The van der Waals surface area contributed by atoms with E-state index in [1.807, 2.05) is 6.92 Å². The van der Waals surface area contributed by atoms with Gasteiger partial charge in [-0.1, -0.05) is 13.0 Å². The second-order valence-electron chi connectivity index (χ2n) is 3.40. The molecule has 15 heavy (non-hydrogen) atoms. The molecule has 0 saturated carbocycles. The third-order valence-corrected chi connectivity index (χ3v) is 2.14. The van der Waals surface area contributed by atoms with Gasteiger partial charge in [-0.25, -0.2) is 0 Å². The van der Waals surface area contributed by atoms with Crippen molar-refractivity contribution in [3.63, 3.8) is 0 Å². The number of nitrogens with zero attached hydrogens (tertiary/aromatic N) is 1. The maximum absolute atomic E-state index is 11.8. The van der Waals surface area contributed by atoms with Crippen LogP contribution in [-0.2, 0) is 0 Å². The number of phenols is 2. The molecule has 0 unspecified atom stereocenters. The number of hydrogen-bond donors (Lipinski definition) is 2. The predicted octanol–water partition coefficient (Wildman–Crippen LogP) is 1.58. The lowest BCUT2D eigenvalue weighted by molar-refractivity contribution is 0.0789. The van der Waals surface area contributed by atoms with E-state index in [-0.39, 0.29) is 23.0 Å². The van der Waals surface area contributed by atoms with Crippen LogP contribution in [0, 0.1) is 0 Å². The molecule has 0 atom stereocenters. The summed E-state index contributed by atoms with van der Waals surface area (Å²) in [4.78, 5) is 13.2. The first-order chi connectivity index (χ1) is 7.07. The number of aromatic hydroxyl groups is 2. The fourth-order valence-electron chi connectivity index (χ4n) is 1.38. The Morgan fingerprint density at radius 1 is 1.33 bits per heavy atom. The first-order valence-corrected chi connectivity index (χ1v) is 4.84. The first kappa shape index (κ1) is 11.4. The summed E-state index contributed by atoms with van der Waals surface area (Å²) in [5.74, 6) is -0.752. The monoisotopic (exact) mass is 209 g/mol. The topological polar surface area (TPSA) is 60.8 Å². The molecule has 1 amide bonds. The van der Waals surface area contributed by atoms with Gasteiger partial charge >= 0.3 is 0 Å². The zero-order valence-electron chi connectivity index (χ0n) is 8.90. The number of carbonyl (C=O) groups is 1. The van der Waals surface area contributed by atoms with Gasteiger partial charge in [-0.05, 0) is 18.6 Å². The van der Waals surface area contributed by atoms with Gasteiger partial charge in [0.05, 0.1) is 0 Å². The molecular formula is C11H15NO3. The third kappa shape index (κ3) is 2.40. The average Bonchev–Trinajstić information content (AvgIpc) is 2.17. The molecule has 0 saturated heterocycles. The molecule has 0 heterocycles. The molecule has 1 rings (SSSR count). The highest BCUT2D eigenvalue weighted by molar-refractivity contribution is 5.99. The van der Waals surface area contributed by atoms with Gasteiger partial charge in [0.1, 0.15) is 17.1 Å². The zero-order chi connectivity index (χ0) is 11.4. The van der Waals surface area contributed by atoms with Crippen LogP contribution in [0.4, 0.5) is 0 Å². The van der Waals surface area contributed by atoms with Crippen molar-refractivity contribution in [3.05, 3.63) is 23.8 Å². The van der Waals surface area contributed by atoms with E-state index in [1.165, 1.54) is 23.1 Å². The van der Waals surface area contributed by atoms with Crippen LogP contribution in [0.2, 0.25) is 0 Å². The quantitative estimate of drug-likeness (QED) is 0.794. The normalized spacial score (nSPS) is 10.0. The molecule has 0 aliphatic rings. The number of benzene rings is 1. The largest absolute Gasteiger partial charge is 0.507 e. The van der Waals surface area contributed by atoms with Gasteiger partial charge in [0, 0.05) is 13.6 Å². The number of carbonyl (C=O) groups excluding carboxylic acids is 1. The SMILES string of the molecule is CCCN(C)C(=O)c1c(O)cccc1O. The van der Waals surface area contributed by atoms with E-state index in [2.05, 4.69) is 0 Å². The number of phenolic OH excluding ortho intramolecular Hbond substituents is 2. The molecule has 82 valence electrons. The van der Waals surface area contributed by atoms with Crippen molar-refractivity contribution >= 4 is 5.91 Å². The van der Waals surface area contributed by atoms with Crippen molar-refractivity contribution in [2.24, 2.45) is 0 Å². The van der Waals surface area contributed by atoms with Gasteiger partial charge in [-0.3, -0.25) is 4.79 Å². The summed E-state index contributed by atoms with van der Waals surface area (Å²) in [5, 5.41) is 18.9. The van der Waals surface area contributed by atoms with E-state index in [9.17, 15) is 15.0 Å². The van der Waals surface area contributed by atoms with Crippen molar-refractivity contribution in [1.82, 2.24) is 4.90 Å². The van der Waals surface area contributed by atoms with Gasteiger partial charge in [0.25, 0.3) is 5.91 Å². The van der Waals surface area contributed by atoms with E-state index in [1.54, 1.807) is 7.05 Å². The van der Waals surface area contributed by atoms with Crippen molar-refractivity contribution in [2.75, 3.05) is 13.6 Å². The summed E-state index contributed by atoms with van der Waals surface area (Å²) < 4.78 is 0. The molecule has 0 aromatic heterocycles. The van der Waals surface area contributed by atoms with E-state index in [0.29, 0.717) is 6.54 Å². The smallest absolute Gasteiger partial charge is 0.261 e. The van der Waals surface area contributed by atoms with E-state index >= 15 is 0 Å². The standard InChI is InChI=1S/C11H15NO3/c1-3-7-12(2)11(15)10-8(13)5-4-6-9(10)14/h4-6,13-14H,3,7H2,1-2H3. The van der Waals surface area contributed by atoms with Crippen LogP contribution in [0.15, 0.2) is 18.2 Å². The van der Waals surface area contributed by atoms with E-state index in [4.69, 9.17) is 0 Å². The summed E-state index contributed by atoms with van der Waals surface area (Å²) in [5.41, 5.74) is -0.0338. The van der Waals surface area contributed by atoms with Crippen LogP contribution < -0.4 is 0 Å². The fraction of sp³-hybridized carbons (Fsp3) is 0.364. The lowest BCUT2D eigenvalue weighted by Crippen LogP contribution is -2.27. The molecule has 0 bridgehead atoms. The highest BCUT2D eigenvalue weighted by Crippen LogP contribution is 2.27. The van der Waals surface area contributed by atoms with E-state index in [0.717, 1.165) is 6.42 Å². The number of hydrogen-bond acceptors (Lipinski definition) is 3. The minimum Gasteiger partial charge on any atom is -0.507 e. The van der Waals surface area contributed by atoms with Crippen LogP contribution in [-0.4, -0.2) is 34.6 Å². The Labute approximate surface area is 88.8 Å². The molecule has 0 radical (unpaired) electrons. The first-order valence-electron chi connectivity index (χ1n) is 4.84. The third-order valence-electron chi connectivity index (χ3n) is 2.14. The zero-order valence-corrected chi connectivity index (χ0v) is 8.90. The van der Waals surface area contributed by atoms with Crippen LogP contribution in [0.1, 0.15) is 23.7 Å². The molecular weight excluding hydrogens is 194 g/mol. The maximum atomic E-state index is 11.8. The van der Waals surface area contributed by atoms with Gasteiger partial charge in [0.2, 0.25) is 0 Å². The summed E-state index contributed by atoms with van der Waals surface area (Å²) in [6.45, 7) is 2.54. The van der Waals surface area contributed by atoms with Gasteiger partial charge in [0.15, 0.2) is 0 Å². The van der Waals surface area contributed by atoms with Crippen LogP contribution in [0.25, 0.3) is 0 Å². The van der Waals surface area contributed by atoms with Crippen molar-refractivity contribution in [3.8, 4) is 11.5 Å². The second-order valence-corrected chi connectivity index (χ2v) is 3.40. The van der Waals surface area contributed by atoms with Crippen molar-refractivity contribution in [1.29, 1.82) is 0 Å². The van der Waals surface area contributed by atoms with Crippen molar-refractivity contribution in [2.45, 2.75) is 13.3 Å². The Bertz CT molecular complexity index is 343. The highest BCUT2D eigenvalue weighted by Gasteiger charge is 2.18. The summed E-state index contributed by atoms with van der Waals surface area (Å²) in [6.07, 6.45) is 0.830. The van der Waals surface area contributed by atoms with Gasteiger partial charge in [-0.15, -0.1) is 0 Å².